The van der Waals surface area contributed by atoms with Crippen molar-refractivity contribution >= 4 is 28.9 Å². The predicted molar refractivity (Wildman–Crippen MR) is 115 cm³/mol. The van der Waals surface area contributed by atoms with Crippen molar-refractivity contribution in [1.29, 1.82) is 0 Å². The third-order valence-corrected chi connectivity index (χ3v) is 5.04. The molecule has 1 saturated heterocycles. The zero-order valence-electron chi connectivity index (χ0n) is 16.9. The highest BCUT2D eigenvalue weighted by Gasteiger charge is 2.21. The van der Waals surface area contributed by atoms with Gasteiger partial charge in [-0.2, -0.15) is 0 Å². The Morgan fingerprint density at radius 2 is 1.43 bits per heavy atom. The van der Waals surface area contributed by atoms with Crippen LogP contribution in [0.25, 0.3) is 0 Å². The number of anilines is 3. The van der Waals surface area contributed by atoms with Crippen molar-refractivity contribution in [2.24, 2.45) is 0 Å². The number of piperidine rings is 1. The van der Waals surface area contributed by atoms with E-state index in [4.69, 9.17) is 0 Å². The van der Waals surface area contributed by atoms with E-state index < -0.39 is 11.8 Å². The van der Waals surface area contributed by atoms with E-state index in [1.165, 1.54) is 19.3 Å². The number of amides is 2. The van der Waals surface area contributed by atoms with Crippen LogP contribution in [0.1, 0.15) is 45.6 Å². The summed E-state index contributed by atoms with van der Waals surface area (Å²) in [5.74, 6) is -1.34. The molecule has 1 heterocycles. The van der Waals surface area contributed by atoms with Gasteiger partial charge in [0, 0.05) is 30.2 Å². The van der Waals surface area contributed by atoms with Crippen LogP contribution in [0.3, 0.4) is 0 Å². The van der Waals surface area contributed by atoms with Crippen molar-refractivity contribution in [3.05, 3.63) is 54.1 Å². The number of carbonyl (C=O) groups is 2. The molecule has 0 radical (unpaired) electrons. The van der Waals surface area contributed by atoms with Crippen LogP contribution >= 0.6 is 0 Å². The minimum atomic E-state index is -0.672. The zero-order chi connectivity index (χ0) is 20.1. The van der Waals surface area contributed by atoms with Crippen LogP contribution < -0.4 is 15.5 Å². The maximum atomic E-state index is 12.4. The molecule has 0 bridgehead atoms. The maximum absolute atomic E-state index is 12.4. The number of hydrogen-bond acceptors (Lipinski definition) is 3. The first-order valence-electron chi connectivity index (χ1n) is 9.91. The highest BCUT2D eigenvalue weighted by atomic mass is 16.2. The number of benzene rings is 2. The van der Waals surface area contributed by atoms with Gasteiger partial charge in [-0.05, 0) is 60.6 Å². The number of rotatable bonds is 3. The van der Waals surface area contributed by atoms with Crippen LogP contribution in [0, 0.1) is 0 Å². The fourth-order valence-corrected chi connectivity index (χ4v) is 3.52. The van der Waals surface area contributed by atoms with Crippen LogP contribution in [0.2, 0.25) is 0 Å². The number of nitrogens with one attached hydrogen (secondary N) is 2. The Morgan fingerprint density at radius 3 is 2.07 bits per heavy atom. The van der Waals surface area contributed by atoms with E-state index in [0.717, 1.165) is 24.3 Å². The van der Waals surface area contributed by atoms with Crippen LogP contribution in [0.5, 0.6) is 0 Å². The van der Waals surface area contributed by atoms with Crippen molar-refractivity contribution in [1.82, 2.24) is 0 Å². The molecule has 148 valence electrons. The van der Waals surface area contributed by atoms with Gasteiger partial charge >= 0.3 is 11.8 Å². The molecule has 5 nitrogen and oxygen atoms in total. The Morgan fingerprint density at radius 1 is 0.821 bits per heavy atom. The highest BCUT2D eigenvalue weighted by Crippen LogP contribution is 2.29. The average Bonchev–Trinajstić information content (AvgIpc) is 2.69. The van der Waals surface area contributed by atoms with Gasteiger partial charge in [-0.3, -0.25) is 9.59 Å². The van der Waals surface area contributed by atoms with E-state index in [-0.39, 0.29) is 5.41 Å². The lowest BCUT2D eigenvalue weighted by molar-refractivity contribution is -0.133. The van der Waals surface area contributed by atoms with Crippen LogP contribution in [-0.4, -0.2) is 24.9 Å². The summed E-state index contributed by atoms with van der Waals surface area (Å²) in [7, 11) is 0. The summed E-state index contributed by atoms with van der Waals surface area (Å²) < 4.78 is 0. The average molecular weight is 380 g/mol. The monoisotopic (exact) mass is 379 g/mol. The van der Waals surface area contributed by atoms with Crippen molar-refractivity contribution in [2.45, 2.75) is 45.4 Å². The van der Waals surface area contributed by atoms with Crippen molar-refractivity contribution in [2.75, 3.05) is 28.6 Å². The van der Waals surface area contributed by atoms with E-state index >= 15 is 0 Å². The molecule has 0 atom stereocenters. The second-order valence-electron chi connectivity index (χ2n) is 8.30. The van der Waals surface area contributed by atoms with E-state index in [9.17, 15) is 9.59 Å². The lowest BCUT2D eigenvalue weighted by atomic mass is 9.86. The molecule has 28 heavy (non-hydrogen) atoms. The van der Waals surface area contributed by atoms with E-state index in [2.05, 4.69) is 36.3 Å². The Balaban J connectivity index is 1.63. The van der Waals surface area contributed by atoms with Crippen LogP contribution in [0.15, 0.2) is 48.5 Å². The topological polar surface area (TPSA) is 61.4 Å². The molecule has 2 amide bonds. The van der Waals surface area contributed by atoms with Gasteiger partial charge in [-0.15, -0.1) is 0 Å². The molecule has 5 heteroatoms. The number of nitrogens with zero attached hydrogens (tertiary/aromatic N) is 1. The maximum Gasteiger partial charge on any atom is 0.314 e. The molecule has 2 aromatic carbocycles. The Hall–Kier alpha value is -2.82. The SMILES string of the molecule is CC(C)(C)c1ccccc1NC(=O)C(=O)Nc1ccc(N2CCCCC2)cc1. The third-order valence-electron chi connectivity index (χ3n) is 5.04. The molecule has 1 fully saturated rings. The number of para-hydroxylation sites is 1. The molecule has 0 aromatic heterocycles. The van der Waals surface area contributed by atoms with Gasteiger partial charge in [0.05, 0.1) is 0 Å². The summed E-state index contributed by atoms with van der Waals surface area (Å²) in [6, 6.07) is 15.2. The van der Waals surface area contributed by atoms with Gasteiger partial charge in [-0.25, -0.2) is 0 Å². The summed E-state index contributed by atoms with van der Waals surface area (Å²) >= 11 is 0. The second kappa shape index (κ2) is 8.46. The largest absolute Gasteiger partial charge is 0.372 e. The molecule has 2 aromatic rings. The molecular weight excluding hydrogens is 350 g/mol. The van der Waals surface area contributed by atoms with Gasteiger partial charge in [0.1, 0.15) is 0 Å². The van der Waals surface area contributed by atoms with Gasteiger partial charge in [0.25, 0.3) is 0 Å². The first-order chi connectivity index (χ1) is 13.3. The summed E-state index contributed by atoms with van der Waals surface area (Å²) in [5, 5.41) is 5.42. The first-order valence-corrected chi connectivity index (χ1v) is 9.91. The molecule has 2 N–H and O–H groups in total. The molecule has 0 spiro atoms. The Bertz CT molecular complexity index is 832. The van der Waals surface area contributed by atoms with Gasteiger partial charge in [0.15, 0.2) is 0 Å². The minimum absolute atomic E-state index is 0.134. The highest BCUT2D eigenvalue weighted by molar-refractivity contribution is 6.43. The minimum Gasteiger partial charge on any atom is -0.372 e. The number of carbonyl (C=O) groups excluding carboxylic acids is 2. The molecular formula is C23H29N3O2. The molecule has 1 aliphatic rings. The smallest absolute Gasteiger partial charge is 0.314 e. The van der Waals surface area contributed by atoms with E-state index in [0.29, 0.717) is 11.4 Å². The molecule has 3 rings (SSSR count). The standard InChI is InChI=1S/C23H29N3O2/c1-23(2,3)19-9-5-6-10-20(19)25-22(28)21(27)24-17-11-13-18(14-12-17)26-15-7-4-8-16-26/h5-6,9-14H,4,7-8,15-16H2,1-3H3,(H,24,27)(H,25,28). The first kappa shape index (κ1) is 19.9. The summed E-state index contributed by atoms with van der Waals surface area (Å²) in [4.78, 5) is 27.1. The zero-order valence-corrected chi connectivity index (χ0v) is 16.9. The quantitative estimate of drug-likeness (QED) is 0.769. The van der Waals surface area contributed by atoms with Gasteiger partial charge in [-0.1, -0.05) is 39.0 Å². The van der Waals surface area contributed by atoms with E-state index in [1.54, 1.807) is 0 Å². The predicted octanol–water partition coefficient (Wildman–Crippen LogP) is 4.55. The second-order valence-corrected chi connectivity index (χ2v) is 8.30. The Labute approximate surface area is 167 Å². The van der Waals surface area contributed by atoms with Crippen molar-refractivity contribution < 1.29 is 9.59 Å². The van der Waals surface area contributed by atoms with Crippen molar-refractivity contribution in [3.63, 3.8) is 0 Å². The fourth-order valence-electron chi connectivity index (χ4n) is 3.52. The lowest BCUT2D eigenvalue weighted by Crippen LogP contribution is -2.30. The number of hydrogen-bond donors (Lipinski definition) is 2. The third kappa shape index (κ3) is 4.91. The Kier molecular flexibility index (Phi) is 6.02. The molecule has 0 aliphatic carbocycles. The lowest BCUT2D eigenvalue weighted by Gasteiger charge is -2.28. The molecule has 0 saturated carbocycles. The van der Waals surface area contributed by atoms with Crippen LogP contribution in [-0.2, 0) is 15.0 Å². The summed E-state index contributed by atoms with van der Waals surface area (Å²) in [6.07, 6.45) is 3.72. The summed E-state index contributed by atoms with van der Waals surface area (Å²) in [6.45, 7) is 8.36. The molecule has 1 aliphatic heterocycles. The van der Waals surface area contributed by atoms with Crippen molar-refractivity contribution in [3.8, 4) is 0 Å². The van der Waals surface area contributed by atoms with Gasteiger partial charge < -0.3 is 15.5 Å². The normalized spacial score (nSPS) is 14.5. The fraction of sp³-hybridized carbons (Fsp3) is 0.391. The van der Waals surface area contributed by atoms with Crippen LogP contribution in [0.4, 0.5) is 17.1 Å². The summed E-state index contributed by atoms with van der Waals surface area (Å²) in [5.41, 5.74) is 3.29. The van der Waals surface area contributed by atoms with E-state index in [1.807, 2.05) is 48.5 Å². The molecule has 0 unspecified atom stereocenters. The van der Waals surface area contributed by atoms with Gasteiger partial charge in [0.2, 0.25) is 0 Å².